The predicted octanol–water partition coefficient (Wildman–Crippen LogP) is 1.07. The predicted molar refractivity (Wildman–Crippen MR) is 59.3 cm³/mol. The van der Waals surface area contributed by atoms with E-state index in [2.05, 4.69) is 0 Å². The van der Waals surface area contributed by atoms with Crippen LogP contribution in [0.3, 0.4) is 0 Å². The first kappa shape index (κ1) is 11.0. The van der Waals surface area contributed by atoms with Gasteiger partial charge in [0.1, 0.15) is 10.7 Å². The van der Waals surface area contributed by atoms with E-state index in [0.29, 0.717) is 10.5 Å². The Labute approximate surface area is 95.9 Å². The molecule has 0 spiro atoms. The quantitative estimate of drug-likeness (QED) is 0.744. The van der Waals surface area contributed by atoms with Gasteiger partial charge in [0.2, 0.25) is 0 Å². The first-order chi connectivity index (χ1) is 7.58. The van der Waals surface area contributed by atoms with Crippen molar-refractivity contribution in [3.05, 3.63) is 40.6 Å². The zero-order chi connectivity index (χ0) is 11.7. The summed E-state index contributed by atoms with van der Waals surface area (Å²) in [6.07, 6.45) is 1.60. The second kappa shape index (κ2) is 4.19. The molecule has 16 heavy (non-hydrogen) atoms. The Morgan fingerprint density at radius 1 is 1.25 bits per heavy atom. The molecule has 1 unspecified atom stereocenters. The van der Waals surface area contributed by atoms with Crippen LogP contribution in [0.2, 0.25) is 0 Å². The molecule has 0 radical (unpaired) electrons. The topological polar surface area (TPSA) is 38.6 Å². The lowest BCUT2D eigenvalue weighted by Gasteiger charge is -1.95. The number of hydrogen-bond donors (Lipinski definition) is 1. The van der Waals surface area contributed by atoms with Crippen LogP contribution in [0.15, 0.2) is 29.2 Å². The average Bonchev–Trinajstić information content (AvgIpc) is 2.50. The van der Waals surface area contributed by atoms with E-state index in [9.17, 15) is 14.0 Å². The summed E-state index contributed by atoms with van der Waals surface area (Å²) in [4.78, 5) is 23.5. The molecule has 2 rings (SSSR count). The van der Waals surface area contributed by atoms with Gasteiger partial charge in [-0.25, -0.2) is 14.0 Å². The number of quaternary nitrogens is 1. The molecule has 0 aromatic heterocycles. The van der Waals surface area contributed by atoms with E-state index in [1.54, 1.807) is 18.2 Å². The maximum Gasteiger partial charge on any atom is 0.386 e. The molecular weight excluding hydrogens is 229 g/mol. The molecule has 1 N–H and O–H groups in total. The van der Waals surface area contributed by atoms with Gasteiger partial charge >= 0.3 is 11.1 Å². The molecule has 5 heteroatoms. The first-order valence-corrected chi connectivity index (χ1v) is 5.47. The Morgan fingerprint density at radius 2 is 1.88 bits per heavy atom. The van der Waals surface area contributed by atoms with Gasteiger partial charge in [-0.15, -0.1) is 0 Å². The fourth-order valence-corrected chi connectivity index (χ4v) is 2.19. The van der Waals surface area contributed by atoms with Crippen molar-refractivity contribution in [2.45, 2.75) is 0 Å². The number of thioether (sulfide) groups is 1. The molecule has 1 aliphatic heterocycles. The van der Waals surface area contributed by atoms with Crippen LogP contribution in [-0.2, 0) is 4.79 Å². The van der Waals surface area contributed by atoms with Gasteiger partial charge in [0.05, 0.1) is 7.05 Å². The van der Waals surface area contributed by atoms with Crippen LogP contribution < -0.4 is 4.90 Å². The van der Waals surface area contributed by atoms with Gasteiger partial charge in [-0.05, 0) is 23.8 Å². The van der Waals surface area contributed by atoms with Crippen molar-refractivity contribution in [1.82, 2.24) is 0 Å². The highest BCUT2D eigenvalue weighted by Gasteiger charge is 2.38. The number of rotatable bonds is 1. The second-order valence-electron chi connectivity index (χ2n) is 3.40. The van der Waals surface area contributed by atoms with Gasteiger partial charge in [0, 0.05) is 11.8 Å². The van der Waals surface area contributed by atoms with Crippen molar-refractivity contribution in [2.24, 2.45) is 0 Å². The first-order valence-electron chi connectivity index (χ1n) is 4.65. The van der Waals surface area contributed by atoms with Crippen molar-refractivity contribution < 1.29 is 18.9 Å². The molecule has 82 valence electrons. The number of likely N-dealkylation sites (N-methyl/N-ethyl adjacent to an activating group) is 1. The van der Waals surface area contributed by atoms with Crippen molar-refractivity contribution in [3.8, 4) is 0 Å². The van der Waals surface area contributed by atoms with Gasteiger partial charge in [-0.3, -0.25) is 0 Å². The summed E-state index contributed by atoms with van der Waals surface area (Å²) in [5.74, 6) is -0.564. The third-order valence-electron chi connectivity index (χ3n) is 2.24. The van der Waals surface area contributed by atoms with Gasteiger partial charge in [-0.2, -0.15) is 4.90 Å². The zero-order valence-corrected chi connectivity index (χ0v) is 9.31. The van der Waals surface area contributed by atoms with E-state index < -0.39 is 0 Å². The normalized spacial score (nSPS) is 23.1. The molecule has 0 saturated carbocycles. The van der Waals surface area contributed by atoms with Crippen molar-refractivity contribution >= 4 is 29.0 Å². The van der Waals surface area contributed by atoms with Gasteiger partial charge < -0.3 is 0 Å². The Morgan fingerprint density at radius 3 is 2.38 bits per heavy atom. The SMILES string of the molecule is C[NH+]1C(=O)SC(=Cc2ccc(F)cc2)C1=O. The Bertz CT molecular complexity index is 481. The summed E-state index contributed by atoms with van der Waals surface area (Å²) in [5.41, 5.74) is 0.708. The molecular formula is C11H9FNO2S+. The molecule has 2 amide bonds. The molecule has 1 saturated heterocycles. The molecule has 3 nitrogen and oxygen atoms in total. The van der Waals surface area contributed by atoms with Crippen LogP contribution in [0.4, 0.5) is 9.18 Å². The molecule has 1 atom stereocenters. The minimum Gasteiger partial charge on any atom is -0.224 e. The lowest BCUT2D eigenvalue weighted by atomic mass is 10.2. The third kappa shape index (κ3) is 2.05. The molecule has 1 fully saturated rings. The largest absolute Gasteiger partial charge is 0.386 e. The summed E-state index contributed by atoms with van der Waals surface area (Å²) in [6, 6.07) is 5.76. The van der Waals surface area contributed by atoms with Gasteiger partial charge in [0.25, 0.3) is 0 Å². The fourth-order valence-electron chi connectivity index (χ4n) is 1.31. The molecule has 0 bridgehead atoms. The minimum absolute atomic E-state index is 0.210. The Kier molecular flexibility index (Phi) is 2.89. The number of nitrogens with one attached hydrogen (secondary N) is 1. The number of carbonyl (C=O) groups excluding carboxylic acids is 2. The number of carbonyl (C=O) groups is 2. The highest BCUT2D eigenvalue weighted by atomic mass is 32.2. The van der Waals surface area contributed by atoms with E-state index in [4.69, 9.17) is 0 Å². The highest BCUT2D eigenvalue weighted by molar-refractivity contribution is 8.17. The Hall–Kier alpha value is -1.46. The van der Waals surface area contributed by atoms with E-state index in [1.165, 1.54) is 19.2 Å². The number of halogens is 1. The smallest absolute Gasteiger partial charge is 0.224 e. The number of benzene rings is 1. The molecule has 1 aliphatic rings. The van der Waals surface area contributed by atoms with Crippen molar-refractivity contribution in [1.29, 1.82) is 0 Å². The van der Waals surface area contributed by atoms with E-state index in [-0.39, 0.29) is 21.9 Å². The van der Waals surface area contributed by atoms with Crippen LogP contribution in [0.5, 0.6) is 0 Å². The monoisotopic (exact) mass is 238 g/mol. The van der Waals surface area contributed by atoms with Crippen LogP contribution in [0.1, 0.15) is 5.56 Å². The summed E-state index contributed by atoms with van der Waals surface area (Å²) in [5, 5.41) is -0.210. The maximum absolute atomic E-state index is 12.6. The van der Waals surface area contributed by atoms with E-state index >= 15 is 0 Å². The molecule has 1 aromatic rings. The van der Waals surface area contributed by atoms with Crippen molar-refractivity contribution in [2.75, 3.05) is 7.05 Å². The standard InChI is InChI=1S/C11H8FNO2S/c1-13-10(14)9(16-11(13)15)6-7-2-4-8(12)5-3-7/h2-6H,1H3/p+1. The van der Waals surface area contributed by atoms with Crippen LogP contribution >= 0.6 is 11.8 Å². The van der Waals surface area contributed by atoms with Crippen LogP contribution in [0.25, 0.3) is 6.08 Å². The van der Waals surface area contributed by atoms with E-state index in [1.807, 2.05) is 0 Å². The second-order valence-corrected chi connectivity index (χ2v) is 4.42. The molecule has 0 aliphatic carbocycles. The summed E-state index contributed by atoms with van der Waals surface area (Å²) in [7, 11) is 1.52. The Balaban J connectivity index is 2.29. The lowest BCUT2D eigenvalue weighted by Crippen LogP contribution is -3.11. The third-order valence-corrected chi connectivity index (χ3v) is 3.26. The number of imide groups is 1. The average molecular weight is 238 g/mol. The van der Waals surface area contributed by atoms with Crippen molar-refractivity contribution in [3.63, 3.8) is 0 Å². The summed E-state index contributed by atoms with van der Waals surface area (Å²) < 4.78 is 12.6. The lowest BCUT2D eigenvalue weighted by molar-refractivity contribution is -0.694. The number of amides is 2. The minimum atomic E-state index is -0.327. The molecule has 1 aromatic carbocycles. The van der Waals surface area contributed by atoms with Gasteiger partial charge in [0.15, 0.2) is 0 Å². The zero-order valence-electron chi connectivity index (χ0n) is 8.49. The number of hydrogen-bond acceptors (Lipinski definition) is 3. The van der Waals surface area contributed by atoms with Gasteiger partial charge in [-0.1, -0.05) is 12.1 Å². The van der Waals surface area contributed by atoms with E-state index in [0.717, 1.165) is 11.8 Å². The summed E-state index contributed by atoms with van der Waals surface area (Å²) >= 11 is 0.923. The fraction of sp³-hybridized carbons (Fsp3) is 0.0909. The van der Waals surface area contributed by atoms with Crippen LogP contribution in [0, 0.1) is 5.82 Å². The van der Waals surface area contributed by atoms with Crippen LogP contribution in [-0.4, -0.2) is 18.2 Å². The maximum atomic E-state index is 12.6. The highest BCUT2D eigenvalue weighted by Crippen LogP contribution is 2.22. The molecule has 1 heterocycles. The summed E-state index contributed by atoms with van der Waals surface area (Å²) in [6.45, 7) is 0.